The van der Waals surface area contributed by atoms with Crippen LogP contribution in [0.1, 0.15) is 28.9 Å². The smallest absolute Gasteiger partial charge is 0.259 e. The van der Waals surface area contributed by atoms with Crippen LogP contribution in [0.2, 0.25) is 0 Å². The van der Waals surface area contributed by atoms with Crippen molar-refractivity contribution in [2.24, 2.45) is 0 Å². The van der Waals surface area contributed by atoms with Crippen LogP contribution in [0.4, 0.5) is 5.69 Å². The third-order valence-corrected chi connectivity index (χ3v) is 3.55. The number of hydrogen-bond donors (Lipinski definition) is 2. The number of amides is 1. The molecule has 0 aliphatic carbocycles. The molecule has 2 rings (SSSR count). The highest BCUT2D eigenvalue weighted by molar-refractivity contribution is 9.10. The van der Waals surface area contributed by atoms with Crippen molar-refractivity contribution in [2.75, 3.05) is 12.4 Å². The number of methoxy groups -OCH3 is 1. The summed E-state index contributed by atoms with van der Waals surface area (Å²) in [5.41, 5.74) is 1.91. The number of halogens is 1. The van der Waals surface area contributed by atoms with Gasteiger partial charge in [0, 0.05) is 10.2 Å². The topological polar surface area (TPSA) is 58.6 Å². The quantitative estimate of drug-likeness (QED) is 0.883. The first-order chi connectivity index (χ1) is 10.0. The second kappa shape index (κ2) is 6.74. The van der Waals surface area contributed by atoms with Crippen LogP contribution in [0.15, 0.2) is 46.9 Å². The van der Waals surface area contributed by atoms with Gasteiger partial charge < -0.3 is 15.2 Å². The van der Waals surface area contributed by atoms with Crippen LogP contribution in [0.3, 0.4) is 0 Å². The predicted octanol–water partition coefficient (Wildman–Crippen LogP) is 3.76. The molecule has 0 saturated carbocycles. The number of rotatable bonds is 4. The van der Waals surface area contributed by atoms with Gasteiger partial charge in [-0.15, -0.1) is 0 Å². The second-order valence-electron chi connectivity index (χ2n) is 4.60. The lowest BCUT2D eigenvalue weighted by molar-refractivity contribution is 0.102. The minimum Gasteiger partial charge on any atom is -0.496 e. The molecule has 0 radical (unpaired) electrons. The number of benzene rings is 2. The Labute approximate surface area is 131 Å². The van der Waals surface area contributed by atoms with Gasteiger partial charge in [0.2, 0.25) is 0 Å². The van der Waals surface area contributed by atoms with E-state index in [9.17, 15) is 9.90 Å². The van der Waals surface area contributed by atoms with Crippen molar-refractivity contribution in [3.63, 3.8) is 0 Å². The Morgan fingerprint density at radius 1 is 1.24 bits per heavy atom. The number of hydrogen-bond acceptors (Lipinski definition) is 3. The molecule has 1 amide bonds. The van der Waals surface area contributed by atoms with Gasteiger partial charge >= 0.3 is 0 Å². The Bertz CT molecular complexity index is 638. The van der Waals surface area contributed by atoms with Crippen LogP contribution in [0.5, 0.6) is 5.75 Å². The van der Waals surface area contributed by atoms with Gasteiger partial charge in [-0.3, -0.25) is 4.79 Å². The first-order valence-electron chi connectivity index (χ1n) is 6.44. The predicted molar refractivity (Wildman–Crippen MR) is 85.7 cm³/mol. The Morgan fingerprint density at radius 2 is 1.90 bits per heavy atom. The molecule has 5 heteroatoms. The number of carbonyl (C=O) groups excluding carboxylic acids is 1. The van der Waals surface area contributed by atoms with Crippen molar-refractivity contribution in [3.8, 4) is 5.75 Å². The monoisotopic (exact) mass is 349 g/mol. The summed E-state index contributed by atoms with van der Waals surface area (Å²) in [4.78, 5) is 12.3. The summed E-state index contributed by atoms with van der Waals surface area (Å²) in [6.07, 6.45) is -0.528. The summed E-state index contributed by atoms with van der Waals surface area (Å²) >= 11 is 3.34. The van der Waals surface area contributed by atoms with Gasteiger partial charge in [-0.25, -0.2) is 0 Å². The van der Waals surface area contributed by atoms with Crippen molar-refractivity contribution in [2.45, 2.75) is 13.0 Å². The van der Waals surface area contributed by atoms with Gasteiger partial charge in [0.25, 0.3) is 5.91 Å². The SMILES string of the molecule is COc1ccc(Br)cc1C(=O)Nc1ccc([C@H](C)O)cc1. The molecule has 110 valence electrons. The lowest BCUT2D eigenvalue weighted by atomic mass is 10.1. The van der Waals surface area contributed by atoms with Gasteiger partial charge in [-0.2, -0.15) is 0 Å². The molecule has 0 aromatic heterocycles. The van der Waals surface area contributed by atoms with E-state index in [0.29, 0.717) is 17.0 Å². The van der Waals surface area contributed by atoms with E-state index in [1.165, 1.54) is 7.11 Å². The molecule has 2 aromatic carbocycles. The van der Waals surface area contributed by atoms with E-state index in [0.717, 1.165) is 10.0 Å². The average molecular weight is 350 g/mol. The molecule has 2 aromatic rings. The van der Waals surface area contributed by atoms with Gasteiger partial charge in [-0.05, 0) is 42.8 Å². The standard InChI is InChI=1S/C16H16BrNO3/c1-10(19)11-3-6-13(7-4-11)18-16(20)14-9-12(17)5-8-15(14)21-2/h3-10,19H,1-2H3,(H,18,20)/t10-/m0/s1. The third kappa shape index (κ3) is 3.83. The molecule has 4 nitrogen and oxygen atoms in total. The van der Waals surface area contributed by atoms with Crippen molar-refractivity contribution < 1.29 is 14.6 Å². The first kappa shape index (κ1) is 15.5. The molecule has 0 aliphatic rings. The van der Waals surface area contributed by atoms with E-state index >= 15 is 0 Å². The van der Waals surface area contributed by atoms with Crippen molar-refractivity contribution in [1.82, 2.24) is 0 Å². The second-order valence-corrected chi connectivity index (χ2v) is 5.51. The summed E-state index contributed by atoms with van der Waals surface area (Å²) in [7, 11) is 1.53. The molecular weight excluding hydrogens is 334 g/mol. The fourth-order valence-electron chi connectivity index (χ4n) is 1.90. The largest absolute Gasteiger partial charge is 0.496 e. The van der Waals surface area contributed by atoms with E-state index in [1.807, 2.05) is 6.07 Å². The molecule has 0 unspecified atom stereocenters. The number of aliphatic hydroxyl groups is 1. The molecule has 0 spiro atoms. The van der Waals surface area contributed by atoms with Crippen LogP contribution >= 0.6 is 15.9 Å². The third-order valence-electron chi connectivity index (χ3n) is 3.06. The highest BCUT2D eigenvalue weighted by atomic mass is 79.9. The highest BCUT2D eigenvalue weighted by Gasteiger charge is 2.13. The number of aliphatic hydroxyl groups excluding tert-OH is 1. The van der Waals surface area contributed by atoms with Gasteiger partial charge in [0.1, 0.15) is 5.75 Å². The van der Waals surface area contributed by atoms with Crippen LogP contribution in [-0.2, 0) is 0 Å². The molecule has 0 saturated heterocycles. The maximum atomic E-state index is 12.3. The molecule has 0 bridgehead atoms. The number of nitrogens with one attached hydrogen (secondary N) is 1. The van der Waals surface area contributed by atoms with Crippen LogP contribution < -0.4 is 10.1 Å². The van der Waals surface area contributed by atoms with E-state index in [2.05, 4.69) is 21.2 Å². The molecular formula is C16H16BrNO3. The maximum absolute atomic E-state index is 12.3. The number of carbonyl (C=O) groups is 1. The van der Waals surface area contributed by atoms with E-state index in [-0.39, 0.29) is 5.91 Å². The van der Waals surface area contributed by atoms with Crippen LogP contribution in [-0.4, -0.2) is 18.1 Å². The van der Waals surface area contributed by atoms with Gasteiger partial charge in [0.05, 0.1) is 18.8 Å². The lowest BCUT2D eigenvalue weighted by Gasteiger charge is -2.11. The summed E-state index contributed by atoms with van der Waals surface area (Å²) in [5.74, 6) is 0.259. The molecule has 1 atom stereocenters. The summed E-state index contributed by atoms with van der Waals surface area (Å²) in [6.45, 7) is 1.69. The minimum absolute atomic E-state index is 0.252. The fourth-order valence-corrected chi connectivity index (χ4v) is 2.26. The van der Waals surface area contributed by atoms with Crippen LogP contribution in [0, 0.1) is 0 Å². The lowest BCUT2D eigenvalue weighted by Crippen LogP contribution is -2.13. The van der Waals surface area contributed by atoms with Crippen LogP contribution in [0.25, 0.3) is 0 Å². The Kier molecular flexibility index (Phi) is 4.98. The Hall–Kier alpha value is -1.85. The van der Waals surface area contributed by atoms with Gasteiger partial charge in [0.15, 0.2) is 0 Å². The van der Waals surface area contributed by atoms with E-state index < -0.39 is 6.10 Å². The molecule has 21 heavy (non-hydrogen) atoms. The van der Waals surface area contributed by atoms with Gasteiger partial charge in [-0.1, -0.05) is 28.1 Å². The maximum Gasteiger partial charge on any atom is 0.259 e. The number of ether oxygens (including phenoxy) is 1. The summed E-state index contributed by atoms with van der Waals surface area (Å²) < 4.78 is 6.00. The Morgan fingerprint density at radius 3 is 2.48 bits per heavy atom. The zero-order chi connectivity index (χ0) is 15.4. The average Bonchev–Trinajstić information content (AvgIpc) is 2.47. The van der Waals surface area contributed by atoms with Crippen molar-refractivity contribution in [3.05, 3.63) is 58.1 Å². The molecule has 0 fully saturated rings. The summed E-state index contributed by atoms with van der Waals surface area (Å²) in [5, 5.41) is 12.3. The molecule has 0 heterocycles. The Balaban J connectivity index is 2.19. The number of anilines is 1. The van der Waals surface area contributed by atoms with Crippen molar-refractivity contribution in [1.29, 1.82) is 0 Å². The molecule has 0 aliphatic heterocycles. The minimum atomic E-state index is -0.528. The zero-order valence-electron chi connectivity index (χ0n) is 11.8. The first-order valence-corrected chi connectivity index (χ1v) is 7.23. The highest BCUT2D eigenvalue weighted by Crippen LogP contribution is 2.24. The summed E-state index contributed by atoms with van der Waals surface area (Å²) in [6, 6.07) is 12.3. The molecule has 2 N–H and O–H groups in total. The van der Waals surface area contributed by atoms with Crippen molar-refractivity contribution >= 4 is 27.5 Å². The zero-order valence-corrected chi connectivity index (χ0v) is 13.3. The normalized spacial score (nSPS) is 11.8. The van der Waals surface area contributed by atoms with E-state index in [4.69, 9.17) is 4.74 Å². The van der Waals surface area contributed by atoms with E-state index in [1.54, 1.807) is 43.3 Å². The fraction of sp³-hybridized carbons (Fsp3) is 0.188.